The fourth-order valence-corrected chi connectivity index (χ4v) is 3.75. The number of halogens is 1. The number of hydrogen-bond donors (Lipinski definition) is 3. The van der Waals surface area contributed by atoms with Crippen LogP contribution in [0, 0.1) is 0 Å². The SMILES string of the molecule is CCNC(=NCc1ccc(CS(C)(=O)=O)cc1)NC1CCC(O)CC1.I. The lowest BCUT2D eigenvalue weighted by Crippen LogP contribution is -2.45. The molecule has 0 radical (unpaired) electrons. The van der Waals surface area contributed by atoms with Crippen LogP contribution in [0.5, 0.6) is 0 Å². The van der Waals surface area contributed by atoms with E-state index < -0.39 is 9.84 Å². The Morgan fingerprint density at radius 2 is 1.73 bits per heavy atom. The zero-order chi connectivity index (χ0) is 18.3. The molecule has 26 heavy (non-hydrogen) atoms. The van der Waals surface area contributed by atoms with Gasteiger partial charge in [-0.1, -0.05) is 24.3 Å². The molecular weight excluding hydrogens is 465 g/mol. The molecule has 3 N–H and O–H groups in total. The third-order valence-electron chi connectivity index (χ3n) is 4.25. The van der Waals surface area contributed by atoms with E-state index in [2.05, 4.69) is 15.6 Å². The maximum Gasteiger partial charge on any atom is 0.191 e. The minimum atomic E-state index is -3.01. The number of hydrogen-bond acceptors (Lipinski definition) is 4. The molecule has 0 unspecified atom stereocenters. The van der Waals surface area contributed by atoms with Gasteiger partial charge < -0.3 is 15.7 Å². The first kappa shape index (κ1) is 23.2. The summed E-state index contributed by atoms with van der Waals surface area (Å²) in [6, 6.07) is 7.87. The molecule has 0 spiro atoms. The molecule has 8 heteroatoms. The van der Waals surface area contributed by atoms with Crippen LogP contribution in [0.4, 0.5) is 0 Å². The number of sulfone groups is 1. The fraction of sp³-hybridized carbons (Fsp3) is 0.611. The zero-order valence-corrected chi connectivity index (χ0v) is 18.6. The Labute approximate surface area is 173 Å². The number of nitrogens with one attached hydrogen (secondary N) is 2. The van der Waals surface area contributed by atoms with Crippen LogP contribution in [0.25, 0.3) is 0 Å². The molecule has 1 aromatic rings. The van der Waals surface area contributed by atoms with E-state index in [0.29, 0.717) is 12.6 Å². The fourth-order valence-electron chi connectivity index (χ4n) is 2.95. The van der Waals surface area contributed by atoms with Crippen LogP contribution in [0.3, 0.4) is 0 Å². The molecule has 0 saturated heterocycles. The summed E-state index contributed by atoms with van der Waals surface area (Å²) in [6.07, 6.45) is 4.64. The first-order chi connectivity index (χ1) is 11.9. The van der Waals surface area contributed by atoms with Gasteiger partial charge in [-0.05, 0) is 43.7 Å². The number of aliphatic hydroxyl groups excluding tert-OH is 1. The number of aliphatic hydroxyl groups is 1. The lowest BCUT2D eigenvalue weighted by molar-refractivity contribution is 0.120. The molecule has 0 aliphatic heterocycles. The maximum absolute atomic E-state index is 11.3. The molecule has 6 nitrogen and oxygen atoms in total. The van der Waals surface area contributed by atoms with E-state index in [-0.39, 0.29) is 35.8 Å². The number of benzene rings is 1. The third-order valence-corrected chi connectivity index (χ3v) is 5.11. The Morgan fingerprint density at radius 1 is 1.15 bits per heavy atom. The highest BCUT2D eigenvalue weighted by Gasteiger charge is 2.19. The molecule has 0 amide bonds. The second-order valence-corrected chi connectivity index (χ2v) is 8.87. The van der Waals surface area contributed by atoms with Crippen molar-refractivity contribution in [2.24, 2.45) is 4.99 Å². The van der Waals surface area contributed by atoms with Crippen LogP contribution in [0.1, 0.15) is 43.7 Å². The van der Waals surface area contributed by atoms with Crippen LogP contribution in [0.15, 0.2) is 29.3 Å². The summed E-state index contributed by atoms with van der Waals surface area (Å²) in [5.74, 6) is 0.845. The van der Waals surface area contributed by atoms with E-state index in [9.17, 15) is 13.5 Å². The monoisotopic (exact) mass is 495 g/mol. The number of rotatable bonds is 6. The van der Waals surface area contributed by atoms with Crippen molar-refractivity contribution in [2.45, 2.75) is 57.1 Å². The molecule has 0 atom stereocenters. The molecule has 0 aromatic heterocycles. The largest absolute Gasteiger partial charge is 0.393 e. The van der Waals surface area contributed by atoms with Crippen molar-refractivity contribution < 1.29 is 13.5 Å². The molecular formula is C18H30IN3O3S. The van der Waals surface area contributed by atoms with E-state index in [4.69, 9.17) is 0 Å². The Balaban J connectivity index is 0.00000338. The summed E-state index contributed by atoms with van der Waals surface area (Å²) in [5, 5.41) is 16.3. The molecule has 1 saturated carbocycles. The van der Waals surface area contributed by atoms with Gasteiger partial charge in [0.05, 0.1) is 18.4 Å². The smallest absolute Gasteiger partial charge is 0.191 e. The van der Waals surface area contributed by atoms with E-state index in [1.54, 1.807) is 0 Å². The van der Waals surface area contributed by atoms with Crippen molar-refractivity contribution in [1.29, 1.82) is 0 Å². The Bertz CT molecular complexity index is 669. The van der Waals surface area contributed by atoms with Gasteiger partial charge in [0.15, 0.2) is 15.8 Å². The van der Waals surface area contributed by atoms with Crippen LogP contribution < -0.4 is 10.6 Å². The van der Waals surface area contributed by atoms with Crippen LogP contribution in [-0.2, 0) is 22.1 Å². The van der Waals surface area contributed by atoms with Crippen molar-refractivity contribution >= 4 is 39.8 Å². The lowest BCUT2D eigenvalue weighted by Gasteiger charge is -2.27. The van der Waals surface area contributed by atoms with Gasteiger partial charge in [-0.15, -0.1) is 24.0 Å². The van der Waals surface area contributed by atoms with Crippen LogP contribution in [-0.4, -0.2) is 44.4 Å². The predicted octanol–water partition coefficient (Wildman–Crippen LogP) is 2.21. The first-order valence-electron chi connectivity index (χ1n) is 8.84. The second-order valence-electron chi connectivity index (χ2n) is 6.73. The molecule has 0 bridgehead atoms. The van der Waals surface area contributed by atoms with Crippen molar-refractivity contribution in [3.63, 3.8) is 0 Å². The summed E-state index contributed by atoms with van der Waals surface area (Å²) < 4.78 is 22.7. The van der Waals surface area contributed by atoms with E-state index in [1.165, 1.54) is 6.26 Å². The number of guanidine groups is 1. The molecule has 1 aliphatic carbocycles. The van der Waals surface area contributed by atoms with Gasteiger partial charge in [-0.25, -0.2) is 13.4 Å². The normalized spacial score (nSPS) is 21.0. The zero-order valence-electron chi connectivity index (χ0n) is 15.4. The van der Waals surface area contributed by atoms with Crippen LogP contribution >= 0.6 is 24.0 Å². The highest BCUT2D eigenvalue weighted by Crippen LogP contribution is 2.18. The van der Waals surface area contributed by atoms with Gasteiger partial charge in [0.25, 0.3) is 0 Å². The Hall–Kier alpha value is -0.870. The van der Waals surface area contributed by atoms with Crippen molar-refractivity contribution in [2.75, 3.05) is 12.8 Å². The lowest BCUT2D eigenvalue weighted by atomic mass is 9.93. The van der Waals surface area contributed by atoms with Gasteiger partial charge in [-0.3, -0.25) is 0 Å². The molecule has 148 valence electrons. The molecule has 1 aromatic carbocycles. The van der Waals surface area contributed by atoms with E-state index >= 15 is 0 Å². The third kappa shape index (κ3) is 8.68. The maximum atomic E-state index is 11.3. The van der Waals surface area contributed by atoms with Crippen LogP contribution in [0.2, 0.25) is 0 Å². The summed E-state index contributed by atoms with van der Waals surface area (Å²) >= 11 is 0. The number of aliphatic imine (C=N–C) groups is 1. The average molecular weight is 495 g/mol. The summed E-state index contributed by atoms with van der Waals surface area (Å²) in [7, 11) is -3.01. The first-order valence-corrected chi connectivity index (χ1v) is 10.9. The predicted molar refractivity (Wildman–Crippen MR) is 117 cm³/mol. The summed E-state index contributed by atoms with van der Waals surface area (Å²) in [4.78, 5) is 4.61. The van der Waals surface area contributed by atoms with Gasteiger partial charge >= 0.3 is 0 Å². The summed E-state index contributed by atoms with van der Waals surface area (Å²) in [5.41, 5.74) is 1.83. The molecule has 1 aliphatic rings. The van der Waals surface area contributed by atoms with E-state index in [1.807, 2.05) is 31.2 Å². The minimum absolute atomic E-state index is 0. The molecule has 2 rings (SSSR count). The Morgan fingerprint density at radius 3 is 2.27 bits per heavy atom. The highest BCUT2D eigenvalue weighted by molar-refractivity contribution is 14.0. The molecule has 1 fully saturated rings. The summed E-state index contributed by atoms with van der Waals surface area (Å²) in [6.45, 7) is 3.35. The Kier molecular flexibility index (Phi) is 9.88. The standard InChI is InChI=1S/C18H29N3O3S.HI/c1-3-19-18(21-16-8-10-17(22)11-9-16)20-12-14-4-6-15(7-5-14)13-25(2,23)24;/h4-7,16-17,22H,3,8-13H2,1-2H3,(H2,19,20,21);1H. The van der Waals surface area contributed by atoms with Crippen molar-refractivity contribution in [3.8, 4) is 0 Å². The average Bonchev–Trinajstić information content (AvgIpc) is 2.55. The second kappa shape index (κ2) is 11.1. The highest BCUT2D eigenvalue weighted by atomic mass is 127. The topological polar surface area (TPSA) is 90.8 Å². The van der Waals surface area contributed by atoms with Crippen molar-refractivity contribution in [1.82, 2.24) is 10.6 Å². The number of nitrogens with zero attached hydrogens (tertiary/aromatic N) is 1. The van der Waals surface area contributed by atoms with Gasteiger partial charge in [0.1, 0.15) is 0 Å². The van der Waals surface area contributed by atoms with Gasteiger partial charge in [0.2, 0.25) is 0 Å². The minimum Gasteiger partial charge on any atom is -0.393 e. The quantitative estimate of drug-likeness (QED) is 0.320. The van der Waals surface area contributed by atoms with Gasteiger partial charge in [0, 0.05) is 18.8 Å². The van der Waals surface area contributed by atoms with E-state index in [0.717, 1.165) is 49.3 Å². The molecule has 0 heterocycles. The van der Waals surface area contributed by atoms with Crippen molar-refractivity contribution in [3.05, 3.63) is 35.4 Å². The van der Waals surface area contributed by atoms with Gasteiger partial charge in [-0.2, -0.15) is 0 Å².